The summed E-state index contributed by atoms with van der Waals surface area (Å²) in [6.07, 6.45) is 6.51. The molecule has 0 heterocycles. The highest BCUT2D eigenvalue weighted by Gasteiger charge is 2.18. The molecule has 1 fully saturated rings. The van der Waals surface area contributed by atoms with E-state index in [1.54, 1.807) is 12.1 Å². The van der Waals surface area contributed by atoms with E-state index < -0.39 is 10.0 Å². The van der Waals surface area contributed by atoms with E-state index in [1.165, 1.54) is 44.2 Å². The molecule has 0 saturated heterocycles. The Kier molecular flexibility index (Phi) is 8.53. The molecule has 1 amide bonds. The average Bonchev–Trinajstić information content (AvgIpc) is 2.62. The van der Waals surface area contributed by atoms with Crippen LogP contribution < -0.4 is 10.0 Å². The summed E-state index contributed by atoms with van der Waals surface area (Å²) < 4.78 is 27.5. The van der Waals surface area contributed by atoms with Gasteiger partial charge in [0.15, 0.2) is 0 Å². The number of halogens is 1. The van der Waals surface area contributed by atoms with Gasteiger partial charge in [0, 0.05) is 36.6 Å². The first-order chi connectivity index (χ1) is 12.4. The third kappa shape index (κ3) is 6.98. The van der Waals surface area contributed by atoms with Crippen molar-refractivity contribution in [1.82, 2.24) is 14.9 Å². The van der Waals surface area contributed by atoms with Crippen LogP contribution in [0.25, 0.3) is 0 Å². The first-order valence-corrected chi connectivity index (χ1v) is 11.4. The molecule has 0 radical (unpaired) electrons. The topological polar surface area (TPSA) is 78.5 Å². The number of carbonyl (C=O) groups excluding carboxylic acids is 1. The van der Waals surface area contributed by atoms with Gasteiger partial charge in [-0.05, 0) is 38.1 Å². The van der Waals surface area contributed by atoms with Crippen molar-refractivity contribution in [2.24, 2.45) is 0 Å². The molecule has 1 aliphatic carbocycles. The Hall–Kier alpha value is -0.960. The molecule has 2 rings (SSSR count). The summed E-state index contributed by atoms with van der Waals surface area (Å²) in [5, 5.41) is 2.86. The van der Waals surface area contributed by atoms with Crippen molar-refractivity contribution in [2.45, 2.75) is 49.5 Å². The zero-order valence-corrected chi connectivity index (χ0v) is 17.6. The highest BCUT2D eigenvalue weighted by atomic mass is 79.9. The Bertz CT molecular complexity index is 691. The van der Waals surface area contributed by atoms with Gasteiger partial charge in [-0.1, -0.05) is 41.3 Å². The minimum atomic E-state index is -3.60. The van der Waals surface area contributed by atoms with Crippen LogP contribution in [0.1, 0.15) is 38.5 Å². The maximum atomic E-state index is 12.2. The molecule has 1 saturated carbocycles. The number of carbonyl (C=O) groups is 1. The van der Waals surface area contributed by atoms with Gasteiger partial charge in [-0.3, -0.25) is 4.79 Å². The predicted molar refractivity (Wildman–Crippen MR) is 106 cm³/mol. The second kappa shape index (κ2) is 10.4. The van der Waals surface area contributed by atoms with E-state index in [-0.39, 0.29) is 23.8 Å². The van der Waals surface area contributed by atoms with Crippen LogP contribution in [0.2, 0.25) is 0 Å². The van der Waals surface area contributed by atoms with E-state index in [0.717, 1.165) is 6.54 Å². The van der Waals surface area contributed by atoms with Crippen molar-refractivity contribution in [3.8, 4) is 0 Å². The van der Waals surface area contributed by atoms with Crippen LogP contribution >= 0.6 is 15.9 Å². The molecule has 2 N–H and O–H groups in total. The Balaban J connectivity index is 1.65. The maximum absolute atomic E-state index is 12.2. The fourth-order valence-corrected chi connectivity index (χ4v) is 4.81. The molecule has 146 valence electrons. The van der Waals surface area contributed by atoms with Crippen LogP contribution in [0.3, 0.4) is 0 Å². The Morgan fingerprint density at radius 1 is 1.23 bits per heavy atom. The number of nitrogens with zero attached hydrogens (tertiary/aromatic N) is 1. The smallest absolute Gasteiger partial charge is 0.240 e. The van der Waals surface area contributed by atoms with Gasteiger partial charge in [-0.2, -0.15) is 0 Å². The molecule has 0 bridgehead atoms. The molecular formula is C18H28BrN3O3S. The second-order valence-corrected chi connectivity index (χ2v) is 9.41. The van der Waals surface area contributed by atoms with Crippen LogP contribution in [0.4, 0.5) is 0 Å². The minimum absolute atomic E-state index is 0.0825. The molecule has 0 unspecified atom stereocenters. The van der Waals surface area contributed by atoms with Crippen molar-refractivity contribution in [3.05, 3.63) is 28.7 Å². The molecule has 1 aromatic carbocycles. The number of rotatable bonds is 9. The highest BCUT2D eigenvalue weighted by Crippen LogP contribution is 2.21. The van der Waals surface area contributed by atoms with Gasteiger partial charge >= 0.3 is 0 Å². The monoisotopic (exact) mass is 445 g/mol. The lowest BCUT2D eigenvalue weighted by Gasteiger charge is -2.31. The molecule has 1 aliphatic rings. The third-order valence-electron chi connectivity index (χ3n) is 4.74. The number of sulfonamides is 1. The number of amides is 1. The molecule has 8 heteroatoms. The van der Waals surface area contributed by atoms with E-state index in [4.69, 9.17) is 0 Å². The molecule has 0 aromatic heterocycles. The van der Waals surface area contributed by atoms with Gasteiger partial charge in [-0.15, -0.1) is 0 Å². The predicted octanol–water partition coefficient (Wildman–Crippen LogP) is 2.50. The summed E-state index contributed by atoms with van der Waals surface area (Å²) in [6, 6.07) is 7.10. The average molecular weight is 446 g/mol. The molecule has 26 heavy (non-hydrogen) atoms. The fraction of sp³-hybridized carbons (Fsp3) is 0.611. The summed E-state index contributed by atoms with van der Waals surface area (Å²) in [6.45, 7) is 1.49. The Labute approximate surface area is 164 Å². The summed E-state index contributed by atoms with van der Waals surface area (Å²) >= 11 is 3.25. The number of hydrogen-bond donors (Lipinski definition) is 2. The van der Waals surface area contributed by atoms with Gasteiger partial charge < -0.3 is 10.2 Å². The van der Waals surface area contributed by atoms with Crippen molar-refractivity contribution in [2.75, 3.05) is 26.7 Å². The van der Waals surface area contributed by atoms with Gasteiger partial charge in [0.25, 0.3) is 0 Å². The summed E-state index contributed by atoms with van der Waals surface area (Å²) in [7, 11) is -1.49. The van der Waals surface area contributed by atoms with E-state index in [2.05, 4.69) is 37.9 Å². The summed E-state index contributed by atoms with van der Waals surface area (Å²) in [4.78, 5) is 14.4. The van der Waals surface area contributed by atoms with Crippen molar-refractivity contribution >= 4 is 31.9 Å². The fourth-order valence-electron chi connectivity index (χ4n) is 3.18. The third-order valence-corrected chi connectivity index (χ3v) is 6.69. The first kappa shape index (κ1) is 21.3. The van der Waals surface area contributed by atoms with Crippen LogP contribution in [0.15, 0.2) is 33.6 Å². The van der Waals surface area contributed by atoms with Gasteiger partial charge in [0.05, 0.1) is 4.90 Å². The van der Waals surface area contributed by atoms with E-state index >= 15 is 0 Å². The van der Waals surface area contributed by atoms with Gasteiger partial charge in [0.1, 0.15) is 0 Å². The lowest BCUT2D eigenvalue weighted by Crippen LogP contribution is -2.40. The zero-order chi connectivity index (χ0) is 19.0. The summed E-state index contributed by atoms with van der Waals surface area (Å²) in [5.41, 5.74) is 0. The van der Waals surface area contributed by atoms with Crippen molar-refractivity contribution < 1.29 is 13.2 Å². The van der Waals surface area contributed by atoms with Gasteiger partial charge in [0.2, 0.25) is 15.9 Å². The maximum Gasteiger partial charge on any atom is 0.240 e. The van der Waals surface area contributed by atoms with Gasteiger partial charge in [-0.25, -0.2) is 13.1 Å². The second-order valence-electron chi connectivity index (χ2n) is 6.73. The van der Waals surface area contributed by atoms with Crippen LogP contribution in [-0.2, 0) is 14.8 Å². The minimum Gasteiger partial charge on any atom is -0.355 e. The highest BCUT2D eigenvalue weighted by molar-refractivity contribution is 9.10. The first-order valence-electron chi connectivity index (χ1n) is 9.10. The van der Waals surface area contributed by atoms with Crippen molar-refractivity contribution in [3.63, 3.8) is 0 Å². The largest absolute Gasteiger partial charge is 0.355 e. The summed E-state index contributed by atoms with van der Waals surface area (Å²) in [5.74, 6) is -0.140. The van der Waals surface area contributed by atoms with Crippen LogP contribution in [0.5, 0.6) is 0 Å². The molecule has 0 aliphatic heterocycles. The lowest BCUT2D eigenvalue weighted by atomic mass is 9.94. The lowest BCUT2D eigenvalue weighted by molar-refractivity contribution is -0.121. The molecule has 0 spiro atoms. The molecular weight excluding hydrogens is 418 g/mol. The standard InChI is InChI=1S/C18H28BrN3O3S/c1-22(16-7-3-2-4-8-16)13-12-20-18(23)10-11-21-26(24,25)17-9-5-6-15(19)14-17/h5-6,9,14,16,21H,2-4,7-8,10-13H2,1H3,(H,20,23). The SMILES string of the molecule is CN(CCNC(=O)CCNS(=O)(=O)c1cccc(Br)c1)C1CCCCC1. The molecule has 1 aromatic rings. The van der Waals surface area contributed by atoms with Crippen LogP contribution in [-0.4, -0.2) is 51.9 Å². The zero-order valence-electron chi connectivity index (χ0n) is 15.2. The Morgan fingerprint density at radius 3 is 2.65 bits per heavy atom. The number of benzene rings is 1. The number of nitrogens with one attached hydrogen (secondary N) is 2. The number of hydrogen-bond acceptors (Lipinski definition) is 4. The van der Waals surface area contributed by atoms with Crippen LogP contribution in [0, 0.1) is 0 Å². The molecule has 0 atom stereocenters. The normalized spacial score (nSPS) is 16.0. The van der Waals surface area contributed by atoms with Crippen molar-refractivity contribution in [1.29, 1.82) is 0 Å². The Morgan fingerprint density at radius 2 is 1.96 bits per heavy atom. The quantitative estimate of drug-likeness (QED) is 0.611. The van der Waals surface area contributed by atoms with E-state index in [9.17, 15) is 13.2 Å². The molecule has 6 nitrogen and oxygen atoms in total. The van der Waals surface area contributed by atoms with E-state index in [1.807, 2.05) is 0 Å². The number of likely N-dealkylation sites (N-methyl/N-ethyl adjacent to an activating group) is 1. The van der Waals surface area contributed by atoms with E-state index in [0.29, 0.717) is 17.1 Å².